The van der Waals surface area contributed by atoms with Gasteiger partial charge in [0.25, 0.3) is 5.91 Å². The number of rotatable bonds is 6. The Bertz CT molecular complexity index is 1460. The van der Waals surface area contributed by atoms with Crippen molar-refractivity contribution in [1.29, 1.82) is 0 Å². The van der Waals surface area contributed by atoms with Crippen molar-refractivity contribution in [3.05, 3.63) is 70.0 Å². The number of carboxylic acids is 2. The summed E-state index contributed by atoms with van der Waals surface area (Å²) in [6, 6.07) is 5.81. The van der Waals surface area contributed by atoms with Crippen LogP contribution in [0.3, 0.4) is 0 Å². The minimum atomic E-state index is -1.34. The van der Waals surface area contributed by atoms with Gasteiger partial charge in [0.15, 0.2) is 12.4 Å². The predicted octanol–water partition coefficient (Wildman–Crippen LogP) is -1.49. The molecule has 2 aromatic heterocycles. The lowest BCUT2D eigenvalue weighted by atomic mass is 10.1. The van der Waals surface area contributed by atoms with Crippen molar-refractivity contribution in [3.63, 3.8) is 0 Å². The van der Waals surface area contributed by atoms with Gasteiger partial charge in [-0.25, -0.2) is 14.0 Å². The minimum absolute atomic E-state index is 0. The highest BCUT2D eigenvalue weighted by molar-refractivity contribution is 5.93. The third-order valence-corrected chi connectivity index (χ3v) is 6.67. The number of hydrogen-bond acceptors (Lipinski definition) is 5. The van der Waals surface area contributed by atoms with Crippen LogP contribution >= 0.6 is 0 Å². The van der Waals surface area contributed by atoms with E-state index in [9.17, 15) is 24.3 Å². The van der Waals surface area contributed by atoms with Crippen molar-refractivity contribution in [1.82, 2.24) is 9.47 Å². The van der Waals surface area contributed by atoms with Crippen molar-refractivity contribution < 1.29 is 50.5 Å². The highest BCUT2D eigenvalue weighted by Gasteiger charge is 2.29. The molecule has 3 aromatic rings. The molecule has 37 heavy (non-hydrogen) atoms. The van der Waals surface area contributed by atoms with Gasteiger partial charge in [-0.1, -0.05) is 0 Å². The van der Waals surface area contributed by atoms with Crippen molar-refractivity contribution in [2.24, 2.45) is 0 Å². The number of hydrogen-bond donors (Lipinski definition) is 2. The van der Waals surface area contributed by atoms with Crippen LogP contribution in [0.2, 0.25) is 0 Å². The molecular formula is C25H24BrFN4O6. The van der Waals surface area contributed by atoms with E-state index in [0.29, 0.717) is 37.4 Å². The van der Waals surface area contributed by atoms with Gasteiger partial charge >= 0.3 is 11.9 Å². The zero-order valence-corrected chi connectivity index (χ0v) is 21.2. The van der Waals surface area contributed by atoms with Crippen LogP contribution in [0.5, 0.6) is 0 Å². The van der Waals surface area contributed by atoms with E-state index in [1.165, 1.54) is 23.0 Å². The average Bonchev–Trinajstić information content (AvgIpc) is 3.70. The van der Waals surface area contributed by atoms with Crippen LogP contribution in [0.15, 0.2) is 47.7 Å². The van der Waals surface area contributed by atoms with Crippen molar-refractivity contribution >= 4 is 34.4 Å². The van der Waals surface area contributed by atoms with Crippen molar-refractivity contribution in [2.45, 2.75) is 25.4 Å². The number of carbonyl (C=O) groups excluding carboxylic acids is 1. The predicted molar refractivity (Wildman–Crippen MR) is 126 cm³/mol. The SMILES string of the molecule is O=C(O)c1ccc[n+](CC(=O)N2CCN(c3cc4c(cc3F)c(=O)c(C(=O)O)cn4C3CC3)CC2)c1.[Br-]. The summed E-state index contributed by atoms with van der Waals surface area (Å²) in [7, 11) is 0. The molecule has 2 fully saturated rings. The molecule has 0 atom stereocenters. The fraction of sp³-hybridized carbons (Fsp3) is 0.320. The van der Waals surface area contributed by atoms with E-state index in [1.807, 2.05) is 4.90 Å². The summed E-state index contributed by atoms with van der Waals surface area (Å²) in [5.74, 6) is -3.21. The Balaban J connectivity index is 0.00000320. The quantitative estimate of drug-likeness (QED) is 0.344. The van der Waals surface area contributed by atoms with Gasteiger partial charge in [0.05, 0.1) is 11.2 Å². The first-order valence-corrected chi connectivity index (χ1v) is 11.6. The molecule has 0 spiro atoms. The molecule has 0 bridgehead atoms. The molecule has 3 heterocycles. The number of aromatic carboxylic acids is 2. The Labute approximate surface area is 220 Å². The lowest BCUT2D eigenvalue weighted by Gasteiger charge is -2.36. The number of anilines is 1. The van der Waals surface area contributed by atoms with Gasteiger partial charge in [-0.2, -0.15) is 4.57 Å². The van der Waals surface area contributed by atoms with Gasteiger partial charge in [-0.15, -0.1) is 0 Å². The number of amides is 1. The maximum absolute atomic E-state index is 15.1. The van der Waals surface area contributed by atoms with E-state index in [4.69, 9.17) is 5.11 Å². The highest BCUT2D eigenvalue weighted by Crippen LogP contribution is 2.38. The smallest absolute Gasteiger partial charge is 0.341 e. The monoisotopic (exact) mass is 574 g/mol. The summed E-state index contributed by atoms with van der Waals surface area (Å²) >= 11 is 0. The molecule has 194 valence electrons. The summed E-state index contributed by atoms with van der Waals surface area (Å²) < 4.78 is 18.4. The lowest BCUT2D eigenvalue weighted by molar-refractivity contribution is -0.685. The summed E-state index contributed by atoms with van der Waals surface area (Å²) in [5, 5.41) is 18.6. The minimum Gasteiger partial charge on any atom is -1.00 e. The van der Waals surface area contributed by atoms with E-state index >= 15 is 4.39 Å². The van der Waals surface area contributed by atoms with Crippen molar-refractivity contribution in [2.75, 3.05) is 31.1 Å². The topological polar surface area (TPSA) is 124 Å². The average molecular weight is 575 g/mol. The van der Waals surface area contributed by atoms with Crippen LogP contribution < -0.4 is 31.9 Å². The molecule has 1 saturated heterocycles. The molecule has 2 N–H and O–H groups in total. The largest absolute Gasteiger partial charge is 1.00 e. The van der Waals surface area contributed by atoms with E-state index < -0.39 is 23.2 Å². The lowest BCUT2D eigenvalue weighted by Crippen LogP contribution is -3.00. The molecule has 10 nitrogen and oxygen atoms in total. The normalized spacial score (nSPS) is 15.4. The van der Waals surface area contributed by atoms with Gasteiger partial charge in [-0.05, 0) is 31.0 Å². The van der Waals surface area contributed by atoms with E-state index in [0.717, 1.165) is 18.9 Å². The molecule has 5 rings (SSSR count). The third kappa shape index (κ3) is 5.19. The maximum atomic E-state index is 15.1. The van der Waals surface area contributed by atoms with Crippen LogP contribution in [-0.4, -0.2) is 63.7 Å². The molecule has 0 radical (unpaired) electrons. The Kier molecular flexibility index (Phi) is 7.30. The number of carboxylic acid groups (broad SMARTS) is 2. The van der Waals surface area contributed by atoms with Crippen LogP contribution in [0.25, 0.3) is 10.9 Å². The van der Waals surface area contributed by atoms with Gasteiger partial charge in [0.1, 0.15) is 16.9 Å². The second-order valence-corrected chi connectivity index (χ2v) is 9.07. The van der Waals surface area contributed by atoms with Crippen LogP contribution in [0, 0.1) is 5.82 Å². The van der Waals surface area contributed by atoms with Gasteiger partial charge in [-0.3, -0.25) is 9.59 Å². The molecule has 1 aliphatic carbocycles. The molecular weight excluding hydrogens is 551 g/mol. The highest BCUT2D eigenvalue weighted by atomic mass is 79.9. The van der Waals surface area contributed by atoms with Crippen LogP contribution in [0.1, 0.15) is 39.6 Å². The number of fused-ring (bicyclic) bond motifs is 1. The number of halogens is 2. The van der Waals surface area contributed by atoms with Crippen molar-refractivity contribution in [3.8, 4) is 0 Å². The first-order valence-electron chi connectivity index (χ1n) is 11.6. The van der Waals surface area contributed by atoms with E-state index in [2.05, 4.69) is 0 Å². The van der Waals surface area contributed by atoms with E-state index in [1.54, 1.807) is 27.8 Å². The molecule has 2 aliphatic rings. The van der Waals surface area contributed by atoms with Crippen LogP contribution in [0.4, 0.5) is 10.1 Å². The summed E-state index contributed by atoms with van der Waals surface area (Å²) in [4.78, 5) is 51.6. The number of benzene rings is 1. The van der Waals surface area contributed by atoms with E-state index in [-0.39, 0.29) is 52.0 Å². The fourth-order valence-electron chi connectivity index (χ4n) is 4.61. The molecule has 1 aliphatic heterocycles. The number of piperazine rings is 1. The first-order chi connectivity index (χ1) is 17.2. The number of nitrogens with zero attached hydrogens (tertiary/aromatic N) is 4. The standard InChI is InChI=1S/C25H23FN4O6.BrH/c26-19-10-17-20(30(16-3-4-16)13-18(23(17)32)25(35)36)11-21(19)28-6-8-29(9-7-28)22(31)14-27-5-1-2-15(12-27)24(33)34;/h1-2,5,10-13,16H,3-4,6-9,14H2,(H-,33,34,35,36);1H. The number of aromatic nitrogens is 2. The van der Waals surface area contributed by atoms with Gasteiger partial charge in [0.2, 0.25) is 12.0 Å². The second kappa shape index (κ2) is 10.3. The maximum Gasteiger partial charge on any atom is 0.341 e. The Morgan fingerprint density at radius 1 is 1.05 bits per heavy atom. The van der Waals surface area contributed by atoms with Gasteiger partial charge in [0, 0.05) is 49.9 Å². The van der Waals surface area contributed by atoms with Crippen LogP contribution in [-0.2, 0) is 11.3 Å². The molecule has 0 unspecified atom stereocenters. The Hall–Kier alpha value is -3.80. The molecule has 1 amide bonds. The fourth-order valence-corrected chi connectivity index (χ4v) is 4.61. The Morgan fingerprint density at radius 3 is 2.38 bits per heavy atom. The summed E-state index contributed by atoms with van der Waals surface area (Å²) in [6.45, 7) is 1.43. The summed E-state index contributed by atoms with van der Waals surface area (Å²) in [5.41, 5.74) is -0.200. The number of pyridine rings is 2. The number of carbonyl (C=O) groups is 3. The second-order valence-electron chi connectivity index (χ2n) is 9.07. The Morgan fingerprint density at radius 2 is 1.76 bits per heavy atom. The zero-order valence-electron chi connectivity index (χ0n) is 19.6. The zero-order chi connectivity index (χ0) is 25.6. The van der Waals surface area contributed by atoms with Gasteiger partial charge < -0.3 is 41.6 Å². The third-order valence-electron chi connectivity index (χ3n) is 6.67. The molecule has 12 heteroatoms. The first kappa shape index (κ1) is 26.3. The molecule has 1 aromatic carbocycles. The molecule has 1 saturated carbocycles. The summed E-state index contributed by atoms with van der Waals surface area (Å²) in [6.07, 6.45) is 6.09.